The maximum Gasteiger partial charge on any atom is 0.226 e. The molecule has 3 nitrogen and oxygen atoms in total. The normalized spacial score (nSPS) is 11.1. The maximum absolute atomic E-state index is 9.09. The highest BCUT2D eigenvalue weighted by Crippen LogP contribution is 2.26. The second kappa shape index (κ2) is 6.80. The van der Waals surface area contributed by atoms with Gasteiger partial charge in [-0.25, -0.2) is 4.98 Å². The molecule has 1 aromatic heterocycles. The minimum absolute atomic E-state index is 0.0463. The van der Waals surface area contributed by atoms with Crippen molar-refractivity contribution in [2.75, 3.05) is 0 Å². The van der Waals surface area contributed by atoms with Crippen LogP contribution in [0.4, 0.5) is 0 Å². The first kappa shape index (κ1) is 15.5. The Balaban J connectivity index is 1.80. The van der Waals surface area contributed by atoms with E-state index in [2.05, 4.69) is 43.1 Å². The number of aromatic nitrogens is 1. The van der Waals surface area contributed by atoms with Crippen molar-refractivity contribution in [1.82, 2.24) is 4.98 Å². The van der Waals surface area contributed by atoms with E-state index in [0.29, 0.717) is 11.8 Å². The average Bonchev–Trinajstić information content (AvgIpc) is 3.05. The van der Waals surface area contributed by atoms with Gasteiger partial charge in [-0.1, -0.05) is 50.2 Å². The Hall–Kier alpha value is -2.39. The van der Waals surface area contributed by atoms with Crippen molar-refractivity contribution in [1.29, 1.82) is 0 Å². The fourth-order valence-electron chi connectivity index (χ4n) is 2.57. The molecule has 1 N–H and O–H groups in total. The SMILES string of the molecule is CC(C)Cc1ccc(-c2ncc(-c3ccc(CO)cc3)o2)cc1. The van der Waals surface area contributed by atoms with Crippen LogP contribution in [-0.2, 0) is 13.0 Å². The van der Waals surface area contributed by atoms with Crippen molar-refractivity contribution in [2.45, 2.75) is 26.9 Å². The predicted octanol–water partition coefficient (Wildman–Crippen LogP) is 4.70. The number of hydrogen-bond acceptors (Lipinski definition) is 3. The molecule has 0 unspecified atom stereocenters. The van der Waals surface area contributed by atoms with E-state index < -0.39 is 0 Å². The van der Waals surface area contributed by atoms with E-state index >= 15 is 0 Å². The molecule has 0 saturated carbocycles. The van der Waals surface area contributed by atoms with E-state index in [9.17, 15) is 0 Å². The summed E-state index contributed by atoms with van der Waals surface area (Å²) in [4.78, 5) is 4.38. The Kier molecular flexibility index (Phi) is 4.58. The van der Waals surface area contributed by atoms with Gasteiger partial charge in [-0.15, -0.1) is 0 Å². The fraction of sp³-hybridized carbons (Fsp3) is 0.250. The van der Waals surface area contributed by atoms with Gasteiger partial charge in [0.25, 0.3) is 0 Å². The van der Waals surface area contributed by atoms with Crippen LogP contribution in [0.5, 0.6) is 0 Å². The standard InChI is InChI=1S/C20H21NO2/c1-14(2)11-15-3-9-18(10-4-15)20-21-12-19(23-20)17-7-5-16(13-22)6-8-17/h3-10,12,14,22H,11,13H2,1-2H3. The number of oxazole rings is 1. The summed E-state index contributed by atoms with van der Waals surface area (Å²) in [6.45, 7) is 4.48. The largest absolute Gasteiger partial charge is 0.436 e. The first-order valence-corrected chi connectivity index (χ1v) is 7.91. The summed E-state index contributed by atoms with van der Waals surface area (Å²) in [5.74, 6) is 2.01. The molecule has 0 bridgehead atoms. The zero-order valence-electron chi connectivity index (χ0n) is 13.5. The van der Waals surface area contributed by atoms with Crippen LogP contribution in [0.2, 0.25) is 0 Å². The van der Waals surface area contributed by atoms with Crippen molar-refractivity contribution < 1.29 is 9.52 Å². The molecule has 3 heteroatoms. The van der Waals surface area contributed by atoms with Gasteiger partial charge < -0.3 is 9.52 Å². The van der Waals surface area contributed by atoms with Crippen LogP contribution in [-0.4, -0.2) is 10.1 Å². The molecule has 3 rings (SSSR count). The van der Waals surface area contributed by atoms with Crippen LogP contribution in [0.25, 0.3) is 22.8 Å². The smallest absolute Gasteiger partial charge is 0.226 e. The number of benzene rings is 2. The van der Waals surface area contributed by atoms with Crippen molar-refractivity contribution >= 4 is 0 Å². The molecule has 0 atom stereocenters. The number of aliphatic hydroxyl groups is 1. The number of hydrogen-bond donors (Lipinski definition) is 1. The Morgan fingerprint density at radius 1 is 0.913 bits per heavy atom. The molecule has 0 spiro atoms. The third-order valence-electron chi connectivity index (χ3n) is 3.77. The van der Waals surface area contributed by atoms with Gasteiger partial charge in [0.2, 0.25) is 5.89 Å². The first-order chi connectivity index (χ1) is 11.2. The number of aliphatic hydroxyl groups excluding tert-OH is 1. The molecule has 0 aliphatic rings. The zero-order chi connectivity index (χ0) is 16.2. The van der Waals surface area contributed by atoms with Gasteiger partial charge in [-0.3, -0.25) is 0 Å². The Morgan fingerprint density at radius 2 is 1.52 bits per heavy atom. The molecule has 1 heterocycles. The summed E-state index contributed by atoms with van der Waals surface area (Å²) < 4.78 is 5.88. The molecule has 0 fully saturated rings. The molecule has 0 aliphatic heterocycles. The maximum atomic E-state index is 9.09. The van der Waals surface area contributed by atoms with Gasteiger partial charge in [0.05, 0.1) is 12.8 Å². The Labute approximate surface area is 136 Å². The van der Waals surface area contributed by atoms with Crippen molar-refractivity contribution in [3.63, 3.8) is 0 Å². The van der Waals surface area contributed by atoms with Gasteiger partial charge in [-0.05, 0) is 35.6 Å². The van der Waals surface area contributed by atoms with E-state index in [0.717, 1.165) is 28.9 Å². The minimum atomic E-state index is 0.0463. The summed E-state index contributed by atoms with van der Waals surface area (Å²) >= 11 is 0. The zero-order valence-corrected chi connectivity index (χ0v) is 13.5. The lowest BCUT2D eigenvalue weighted by Crippen LogP contribution is -1.93. The van der Waals surface area contributed by atoms with Gasteiger partial charge in [0.1, 0.15) is 0 Å². The molecule has 2 aromatic carbocycles. The highest BCUT2D eigenvalue weighted by Gasteiger charge is 2.09. The quantitative estimate of drug-likeness (QED) is 0.743. The lowest BCUT2D eigenvalue weighted by Gasteiger charge is -2.05. The van der Waals surface area contributed by atoms with Crippen molar-refractivity contribution in [3.05, 3.63) is 65.9 Å². The van der Waals surface area contributed by atoms with Gasteiger partial charge in [0, 0.05) is 11.1 Å². The van der Waals surface area contributed by atoms with Gasteiger partial charge in [-0.2, -0.15) is 0 Å². The average molecular weight is 307 g/mol. The second-order valence-corrected chi connectivity index (χ2v) is 6.18. The summed E-state index contributed by atoms with van der Waals surface area (Å²) in [7, 11) is 0. The summed E-state index contributed by atoms with van der Waals surface area (Å²) in [6.07, 6.45) is 2.82. The Bertz CT molecular complexity index is 755. The number of rotatable bonds is 5. The molecule has 0 saturated heterocycles. The predicted molar refractivity (Wildman–Crippen MR) is 91.8 cm³/mol. The van der Waals surface area contributed by atoms with E-state index in [-0.39, 0.29) is 6.61 Å². The molecule has 118 valence electrons. The van der Waals surface area contributed by atoms with Crippen molar-refractivity contribution in [3.8, 4) is 22.8 Å². The Morgan fingerprint density at radius 3 is 2.13 bits per heavy atom. The molecule has 0 amide bonds. The minimum Gasteiger partial charge on any atom is -0.436 e. The van der Waals surface area contributed by atoms with E-state index in [1.165, 1.54) is 5.56 Å². The molecule has 0 radical (unpaired) electrons. The lowest BCUT2D eigenvalue weighted by atomic mass is 10.0. The fourth-order valence-corrected chi connectivity index (χ4v) is 2.57. The third-order valence-corrected chi connectivity index (χ3v) is 3.77. The molecule has 3 aromatic rings. The van der Waals surface area contributed by atoms with Gasteiger partial charge in [0.15, 0.2) is 5.76 Å². The monoisotopic (exact) mass is 307 g/mol. The first-order valence-electron chi connectivity index (χ1n) is 7.91. The topological polar surface area (TPSA) is 46.3 Å². The third kappa shape index (κ3) is 3.69. The van der Waals surface area contributed by atoms with Crippen LogP contribution in [0.1, 0.15) is 25.0 Å². The molecule has 23 heavy (non-hydrogen) atoms. The summed E-state index contributed by atoms with van der Waals surface area (Å²) in [5, 5.41) is 9.09. The highest BCUT2D eigenvalue weighted by molar-refractivity contribution is 5.61. The van der Waals surface area contributed by atoms with Crippen molar-refractivity contribution in [2.24, 2.45) is 5.92 Å². The second-order valence-electron chi connectivity index (χ2n) is 6.18. The highest BCUT2D eigenvalue weighted by atomic mass is 16.4. The van der Waals surface area contributed by atoms with Crippen LogP contribution < -0.4 is 0 Å². The number of nitrogens with zero attached hydrogens (tertiary/aromatic N) is 1. The van der Waals surface area contributed by atoms with Crippen LogP contribution in [0.15, 0.2) is 59.1 Å². The van der Waals surface area contributed by atoms with E-state index in [1.54, 1.807) is 6.20 Å². The van der Waals surface area contributed by atoms with E-state index in [1.807, 2.05) is 24.3 Å². The van der Waals surface area contributed by atoms with Crippen LogP contribution >= 0.6 is 0 Å². The summed E-state index contributed by atoms with van der Waals surface area (Å²) in [5.41, 5.74) is 4.15. The van der Waals surface area contributed by atoms with Crippen LogP contribution in [0, 0.1) is 5.92 Å². The molecular weight excluding hydrogens is 286 g/mol. The van der Waals surface area contributed by atoms with Gasteiger partial charge >= 0.3 is 0 Å². The molecular formula is C20H21NO2. The van der Waals surface area contributed by atoms with Crippen LogP contribution in [0.3, 0.4) is 0 Å². The summed E-state index contributed by atoms with van der Waals surface area (Å²) in [6, 6.07) is 16.0. The lowest BCUT2D eigenvalue weighted by molar-refractivity contribution is 0.282. The molecule has 0 aliphatic carbocycles. The van der Waals surface area contributed by atoms with E-state index in [4.69, 9.17) is 9.52 Å².